The number of carboxylic acid groups (broad SMARTS) is 2. The van der Waals surface area contributed by atoms with Gasteiger partial charge in [0.05, 0.1) is 84.7 Å². The van der Waals surface area contributed by atoms with E-state index in [0.717, 1.165) is 42.1 Å². The monoisotopic (exact) mass is 1090 g/mol. The molecule has 0 aromatic rings. The SMILES string of the molecule is C=CC(=O)N1CN(C(=O)C=C)CN(C(=O)C=C)C1.C=CC(=O)N1CN(C(=O)C=C)CN(C(=O)CCSCC(=O)O)C1.C=CC(=O)N1CN(C(=O)CCSCCO)CN(C(=O)CCSCCO)C1.O=C(O)CS. The molecule has 9 amide bonds. The van der Waals surface area contributed by atoms with E-state index in [1.165, 1.54) is 73.7 Å². The third-order valence-corrected chi connectivity index (χ3v) is 12.4. The van der Waals surface area contributed by atoms with Gasteiger partial charge in [0.15, 0.2) is 0 Å². The molecule has 0 bridgehead atoms. The number of amides is 9. The van der Waals surface area contributed by atoms with Crippen LogP contribution in [0.25, 0.3) is 0 Å². The predicted octanol–water partition coefficient (Wildman–Crippen LogP) is -0.369. The second-order valence-corrected chi connectivity index (χ2v) is 18.4. The Morgan fingerprint density at radius 3 is 0.778 bits per heavy atom. The van der Waals surface area contributed by atoms with Gasteiger partial charge in [0.25, 0.3) is 0 Å². The molecule has 0 radical (unpaired) electrons. The molecular formula is C44H65N9O15S4. The number of hydrogen-bond donors (Lipinski definition) is 5. The van der Waals surface area contributed by atoms with Gasteiger partial charge in [0, 0.05) is 48.0 Å². The molecule has 72 heavy (non-hydrogen) atoms. The van der Waals surface area contributed by atoms with E-state index in [2.05, 4.69) is 52.1 Å². The molecule has 0 saturated carbocycles. The summed E-state index contributed by atoms with van der Waals surface area (Å²) in [6.07, 6.45) is 7.52. The molecule has 3 aliphatic rings. The second-order valence-electron chi connectivity index (χ2n) is 14.5. The second kappa shape index (κ2) is 37.7. The molecule has 3 aliphatic heterocycles. The van der Waals surface area contributed by atoms with Crippen molar-refractivity contribution in [3.63, 3.8) is 0 Å². The average Bonchev–Trinajstić information content (AvgIpc) is 3.40. The third kappa shape index (κ3) is 25.9. The maximum Gasteiger partial charge on any atom is 0.313 e. The number of carbonyl (C=O) groups is 11. The van der Waals surface area contributed by atoms with E-state index >= 15 is 0 Å². The Balaban J connectivity index is 0.00000101. The van der Waals surface area contributed by atoms with Gasteiger partial charge in [0.1, 0.15) is 0 Å². The molecule has 0 spiro atoms. The first kappa shape index (κ1) is 65.9. The minimum atomic E-state index is -0.939. The lowest BCUT2D eigenvalue weighted by molar-refractivity contribution is -0.157. The van der Waals surface area contributed by atoms with Crippen LogP contribution in [0.3, 0.4) is 0 Å². The van der Waals surface area contributed by atoms with Gasteiger partial charge >= 0.3 is 11.9 Å². The fraction of sp³-hybridized carbons (Fsp3) is 0.477. The van der Waals surface area contributed by atoms with Crippen LogP contribution in [-0.4, -0.2) is 243 Å². The molecule has 4 N–H and O–H groups in total. The van der Waals surface area contributed by atoms with Crippen LogP contribution in [-0.2, 0) is 52.7 Å². The van der Waals surface area contributed by atoms with E-state index in [0.29, 0.717) is 28.8 Å². The molecule has 0 aliphatic carbocycles. The number of thiol groups is 1. The number of aliphatic carboxylic acids is 2. The molecule has 400 valence electrons. The lowest BCUT2D eigenvalue weighted by atomic mass is 10.3. The summed E-state index contributed by atoms with van der Waals surface area (Å²) >= 11 is 7.52. The highest BCUT2D eigenvalue weighted by atomic mass is 32.2. The standard InChI is InChI=1S/C16H27N3O5S2.C14H19N3O5S.C12H15N3O3.C2H4O2S/c1-2-14(22)17-11-18(15(23)3-7-25-9-5-20)13-19(12-17)16(24)4-8-26-10-6-21;1-3-11(18)15-8-16(12(19)4-2)10-17(9-15)13(20)5-6-23-7-14(21)22;1-4-10(16)13-7-14(11(17)5-2)9-15(8-13)12(18)6-3;3-2(4)1-5/h2,20-21H,1,3-13H2;3-4H,1-2,5-10H2,(H,21,22);4-6H,1-3,7-9H2;5H,1H2,(H,3,4). The molecule has 28 heteroatoms. The normalized spacial score (nSPS) is 14.1. The maximum absolute atomic E-state index is 12.4. The average molecular weight is 1090 g/mol. The zero-order valence-electron chi connectivity index (χ0n) is 40.0. The fourth-order valence-corrected chi connectivity index (χ4v) is 7.73. The van der Waals surface area contributed by atoms with Crippen LogP contribution in [0.5, 0.6) is 0 Å². The fourth-order valence-electron chi connectivity index (χ4n) is 5.79. The van der Waals surface area contributed by atoms with Crippen molar-refractivity contribution in [2.45, 2.75) is 19.3 Å². The lowest BCUT2D eigenvalue weighted by Gasteiger charge is -2.42. The number of rotatable bonds is 22. The first-order valence-corrected chi connectivity index (χ1v) is 25.6. The van der Waals surface area contributed by atoms with Crippen molar-refractivity contribution < 1.29 is 73.2 Å². The van der Waals surface area contributed by atoms with Gasteiger partial charge in [-0.15, -0.1) is 11.8 Å². The van der Waals surface area contributed by atoms with E-state index in [1.54, 1.807) is 0 Å². The van der Waals surface area contributed by atoms with Crippen LogP contribution < -0.4 is 0 Å². The number of aliphatic hydroxyl groups is 2. The molecule has 3 heterocycles. The largest absolute Gasteiger partial charge is 0.481 e. The van der Waals surface area contributed by atoms with E-state index < -0.39 is 11.9 Å². The summed E-state index contributed by atoms with van der Waals surface area (Å²) in [6, 6.07) is 0. The molecule has 3 saturated heterocycles. The Morgan fingerprint density at radius 1 is 0.375 bits per heavy atom. The zero-order chi connectivity index (χ0) is 54.8. The van der Waals surface area contributed by atoms with Crippen molar-refractivity contribution in [2.75, 3.05) is 114 Å². The number of carbonyl (C=O) groups excluding carboxylic acids is 9. The van der Waals surface area contributed by atoms with Crippen LogP contribution >= 0.6 is 47.9 Å². The van der Waals surface area contributed by atoms with Gasteiger partial charge in [-0.05, 0) is 36.5 Å². The highest BCUT2D eigenvalue weighted by Crippen LogP contribution is 2.16. The summed E-state index contributed by atoms with van der Waals surface area (Å²) < 4.78 is 0. The smallest absolute Gasteiger partial charge is 0.313 e. The third-order valence-electron chi connectivity index (χ3n) is 9.26. The van der Waals surface area contributed by atoms with E-state index in [1.807, 2.05) is 0 Å². The van der Waals surface area contributed by atoms with Gasteiger partial charge in [-0.2, -0.15) is 36.2 Å². The maximum atomic E-state index is 12.4. The van der Waals surface area contributed by atoms with Crippen molar-refractivity contribution >= 4 is 113 Å². The quantitative estimate of drug-likeness (QED) is 0.0525. The minimum Gasteiger partial charge on any atom is -0.481 e. The van der Waals surface area contributed by atoms with Gasteiger partial charge in [-0.25, -0.2) is 0 Å². The number of thioether (sulfide) groups is 3. The van der Waals surface area contributed by atoms with Crippen LogP contribution in [0.15, 0.2) is 75.9 Å². The van der Waals surface area contributed by atoms with Gasteiger partial charge in [-0.3, -0.25) is 52.7 Å². The van der Waals surface area contributed by atoms with E-state index in [-0.39, 0.29) is 157 Å². The molecule has 0 aromatic carbocycles. The Labute approximate surface area is 437 Å². The summed E-state index contributed by atoms with van der Waals surface area (Å²) in [7, 11) is 0. The highest BCUT2D eigenvalue weighted by Gasteiger charge is 2.32. The van der Waals surface area contributed by atoms with Crippen molar-refractivity contribution in [1.82, 2.24) is 44.1 Å². The predicted molar refractivity (Wildman–Crippen MR) is 276 cm³/mol. The molecule has 3 fully saturated rings. The number of nitrogens with zero attached hydrogens (tertiary/aromatic N) is 9. The Morgan fingerprint density at radius 2 is 0.583 bits per heavy atom. The molecule has 0 unspecified atom stereocenters. The zero-order valence-corrected chi connectivity index (χ0v) is 43.4. The van der Waals surface area contributed by atoms with Crippen molar-refractivity contribution in [1.29, 1.82) is 0 Å². The molecule has 3 rings (SSSR count). The lowest BCUT2D eigenvalue weighted by Crippen LogP contribution is -2.59. The molecular weight excluding hydrogens is 1020 g/mol. The molecule has 24 nitrogen and oxygen atoms in total. The summed E-state index contributed by atoms with van der Waals surface area (Å²) in [5.41, 5.74) is 0. The van der Waals surface area contributed by atoms with Crippen molar-refractivity contribution in [3.05, 3.63) is 75.9 Å². The number of hydrogen-bond acceptors (Lipinski definition) is 17. The van der Waals surface area contributed by atoms with Crippen molar-refractivity contribution in [2.24, 2.45) is 0 Å². The van der Waals surface area contributed by atoms with Gasteiger partial charge in [-0.1, -0.05) is 39.5 Å². The van der Waals surface area contributed by atoms with E-state index in [4.69, 9.17) is 20.4 Å². The first-order valence-electron chi connectivity index (χ1n) is 21.5. The summed E-state index contributed by atoms with van der Waals surface area (Å²) in [6.45, 7) is 21.5. The summed E-state index contributed by atoms with van der Waals surface area (Å²) in [5.74, 6) is -1.99. The molecule has 0 atom stereocenters. The van der Waals surface area contributed by atoms with Crippen molar-refractivity contribution in [3.8, 4) is 0 Å². The minimum absolute atomic E-state index is 0.0627. The van der Waals surface area contributed by atoms with Crippen LogP contribution in [0, 0.1) is 0 Å². The van der Waals surface area contributed by atoms with Gasteiger partial charge < -0.3 is 64.5 Å². The Kier molecular flexibility index (Phi) is 34.5. The van der Waals surface area contributed by atoms with Crippen LogP contribution in [0.2, 0.25) is 0 Å². The Hall–Kier alpha value is -6.07. The summed E-state index contributed by atoms with van der Waals surface area (Å²) in [4.78, 5) is 139. The summed E-state index contributed by atoms with van der Waals surface area (Å²) in [5, 5.41) is 33.7. The highest BCUT2D eigenvalue weighted by molar-refractivity contribution is 8.00. The molecule has 0 aromatic heterocycles. The van der Waals surface area contributed by atoms with E-state index in [9.17, 15) is 52.7 Å². The number of aliphatic hydroxyl groups excluding tert-OH is 2. The van der Waals surface area contributed by atoms with Crippen LogP contribution in [0.4, 0.5) is 0 Å². The first-order chi connectivity index (χ1) is 34.2. The van der Waals surface area contributed by atoms with Gasteiger partial charge in [0.2, 0.25) is 53.2 Å². The van der Waals surface area contributed by atoms with Crippen LogP contribution in [0.1, 0.15) is 19.3 Å². The number of carboxylic acids is 2. The Bertz CT molecular complexity index is 1840. The topological polar surface area (TPSA) is 298 Å².